The van der Waals surface area contributed by atoms with Crippen molar-refractivity contribution in [2.24, 2.45) is 5.92 Å². The molecule has 1 saturated heterocycles. The number of nitrogens with zero attached hydrogens (tertiary/aromatic N) is 4. The Morgan fingerprint density at radius 3 is 2.68 bits per heavy atom. The Kier molecular flexibility index (Phi) is 12.5. The topological polar surface area (TPSA) is 100 Å². The molecule has 2 N–H and O–H groups in total. The van der Waals surface area contributed by atoms with Crippen LogP contribution in [0.5, 0.6) is 0 Å². The van der Waals surface area contributed by atoms with E-state index >= 15 is 0 Å². The van der Waals surface area contributed by atoms with Gasteiger partial charge in [-0.2, -0.15) is 5.10 Å². The Labute approximate surface area is 205 Å². The fourth-order valence-electron chi connectivity index (χ4n) is 4.05. The molecular formula is C25H46N4O5. The second kappa shape index (κ2) is 14.8. The summed E-state index contributed by atoms with van der Waals surface area (Å²) < 4.78 is 13.6. The van der Waals surface area contributed by atoms with Crippen molar-refractivity contribution in [3.05, 3.63) is 17.5 Å². The minimum atomic E-state index is -1.13. The van der Waals surface area contributed by atoms with E-state index < -0.39 is 18.3 Å². The number of aliphatic hydroxyl groups is 2. The van der Waals surface area contributed by atoms with Crippen LogP contribution in [0.1, 0.15) is 58.2 Å². The van der Waals surface area contributed by atoms with Crippen LogP contribution >= 0.6 is 0 Å². The van der Waals surface area contributed by atoms with E-state index in [2.05, 4.69) is 37.0 Å². The highest BCUT2D eigenvalue weighted by Crippen LogP contribution is 2.14. The molecule has 9 heteroatoms. The first kappa shape index (κ1) is 28.7. The minimum absolute atomic E-state index is 0.0460. The van der Waals surface area contributed by atoms with Crippen molar-refractivity contribution in [3.63, 3.8) is 0 Å². The number of carbonyl (C=O) groups is 1. The standard InChI is InChI=1S/C25H46N4O5/c1-6-29-16-22(20(4)26-29)15-27-10-7-8-13-33-18-23(31)25(32)24(34-14-9-19(2)3)17-28(12-11-27)21(5)30/h16,19,23-25,31-32H,6-15,17-18H2,1-5H3/t23-,24-,25-/m1/s1. The van der Waals surface area contributed by atoms with Gasteiger partial charge in [0.2, 0.25) is 5.91 Å². The van der Waals surface area contributed by atoms with Crippen molar-refractivity contribution in [1.29, 1.82) is 0 Å². The van der Waals surface area contributed by atoms with E-state index in [1.165, 1.54) is 5.56 Å². The number of hydrogen-bond acceptors (Lipinski definition) is 7. The Balaban J connectivity index is 2.14. The van der Waals surface area contributed by atoms with Gasteiger partial charge in [0.05, 0.1) is 12.3 Å². The molecule has 1 aliphatic heterocycles. The molecule has 0 aliphatic carbocycles. The van der Waals surface area contributed by atoms with Crippen LogP contribution in [0, 0.1) is 12.8 Å². The molecule has 1 amide bonds. The van der Waals surface area contributed by atoms with E-state index in [0.717, 1.165) is 44.6 Å². The first-order valence-electron chi connectivity index (χ1n) is 12.8. The van der Waals surface area contributed by atoms with Crippen LogP contribution < -0.4 is 0 Å². The molecule has 9 nitrogen and oxygen atoms in total. The molecule has 2 rings (SSSR count). The molecule has 2 heterocycles. The second-order valence-electron chi connectivity index (χ2n) is 9.77. The molecule has 1 fully saturated rings. The highest BCUT2D eigenvalue weighted by Gasteiger charge is 2.30. The Morgan fingerprint density at radius 2 is 2.03 bits per heavy atom. The first-order chi connectivity index (χ1) is 16.2. The summed E-state index contributed by atoms with van der Waals surface area (Å²) in [5, 5.41) is 25.8. The summed E-state index contributed by atoms with van der Waals surface area (Å²) in [6.07, 6.45) is 1.88. The molecular weight excluding hydrogens is 436 g/mol. The smallest absolute Gasteiger partial charge is 0.219 e. The summed E-state index contributed by atoms with van der Waals surface area (Å²) in [5.74, 6) is 0.388. The number of amides is 1. The maximum absolute atomic E-state index is 12.5. The van der Waals surface area contributed by atoms with Gasteiger partial charge >= 0.3 is 0 Å². The number of hydrogen-bond donors (Lipinski definition) is 2. The number of carbonyl (C=O) groups excluding carboxylic acids is 1. The fourth-order valence-corrected chi connectivity index (χ4v) is 4.05. The van der Waals surface area contributed by atoms with Gasteiger partial charge in [-0.25, -0.2) is 0 Å². The summed E-state index contributed by atoms with van der Waals surface area (Å²) in [4.78, 5) is 16.6. The molecule has 0 saturated carbocycles. The number of ether oxygens (including phenoxy) is 2. The number of aromatic nitrogens is 2. The van der Waals surface area contributed by atoms with E-state index in [9.17, 15) is 15.0 Å². The SMILES string of the molecule is CCn1cc(CN2CCCCOC[C@@H](O)[C@@H](O)[C@H](OCCC(C)C)CN(C(C)=O)CC2)c(C)n1. The maximum atomic E-state index is 12.5. The fraction of sp³-hybridized carbons (Fsp3) is 0.840. The Bertz CT molecular complexity index is 726. The monoisotopic (exact) mass is 482 g/mol. The van der Waals surface area contributed by atoms with Crippen molar-refractivity contribution in [2.75, 3.05) is 46.0 Å². The van der Waals surface area contributed by atoms with Crippen LogP contribution in [0.4, 0.5) is 0 Å². The van der Waals surface area contributed by atoms with E-state index in [1.54, 1.807) is 11.8 Å². The summed E-state index contributed by atoms with van der Waals surface area (Å²) in [6.45, 7) is 14.9. The Morgan fingerprint density at radius 1 is 1.26 bits per heavy atom. The summed E-state index contributed by atoms with van der Waals surface area (Å²) in [7, 11) is 0. The highest BCUT2D eigenvalue weighted by molar-refractivity contribution is 5.73. The highest BCUT2D eigenvalue weighted by atomic mass is 16.5. The normalized spacial score (nSPS) is 24.4. The number of aryl methyl sites for hydroxylation is 2. The molecule has 1 aromatic heterocycles. The van der Waals surface area contributed by atoms with Crippen LogP contribution in [0.25, 0.3) is 0 Å². The van der Waals surface area contributed by atoms with Crippen LogP contribution in [0.15, 0.2) is 6.20 Å². The molecule has 1 aromatic rings. The molecule has 1 aliphatic rings. The molecule has 0 unspecified atom stereocenters. The van der Waals surface area contributed by atoms with Crippen molar-refractivity contribution in [1.82, 2.24) is 19.6 Å². The van der Waals surface area contributed by atoms with Gasteiger partial charge < -0.3 is 24.6 Å². The van der Waals surface area contributed by atoms with Crippen LogP contribution in [0.2, 0.25) is 0 Å². The molecule has 196 valence electrons. The Hall–Kier alpha value is -1.52. The molecule has 0 radical (unpaired) electrons. The van der Waals surface area contributed by atoms with Crippen LogP contribution in [0.3, 0.4) is 0 Å². The number of aliphatic hydroxyl groups excluding tert-OH is 2. The van der Waals surface area contributed by atoms with Gasteiger partial charge in [0.25, 0.3) is 0 Å². The molecule has 3 atom stereocenters. The summed E-state index contributed by atoms with van der Waals surface area (Å²) in [6, 6.07) is 0. The van der Waals surface area contributed by atoms with Gasteiger partial charge in [-0.15, -0.1) is 0 Å². The average molecular weight is 483 g/mol. The third-order valence-corrected chi connectivity index (χ3v) is 6.40. The predicted molar refractivity (Wildman–Crippen MR) is 131 cm³/mol. The maximum Gasteiger partial charge on any atom is 0.219 e. The lowest BCUT2D eigenvalue weighted by molar-refractivity contribution is -0.140. The molecule has 0 spiro atoms. The van der Waals surface area contributed by atoms with E-state index in [-0.39, 0.29) is 19.1 Å². The molecule has 0 aromatic carbocycles. The molecule has 0 bridgehead atoms. The van der Waals surface area contributed by atoms with Crippen molar-refractivity contribution < 1.29 is 24.5 Å². The summed E-state index contributed by atoms with van der Waals surface area (Å²) >= 11 is 0. The third-order valence-electron chi connectivity index (χ3n) is 6.40. The largest absolute Gasteiger partial charge is 0.388 e. The van der Waals surface area contributed by atoms with Gasteiger partial charge in [-0.05, 0) is 45.6 Å². The van der Waals surface area contributed by atoms with Crippen molar-refractivity contribution in [3.8, 4) is 0 Å². The quantitative estimate of drug-likeness (QED) is 0.611. The third kappa shape index (κ3) is 9.62. The lowest BCUT2D eigenvalue weighted by Crippen LogP contribution is -2.50. The van der Waals surface area contributed by atoms with Gasteiger partial charge in [0.15, 0.2) is 0 Å². The van der Waals surface area contributed by atoms with E-state index in [4.69, 9.17) is 9.47 Å². The van der Waals surface area contributed by atoms with Crippen molar-refractivity contribution >= 4 is 5.91 Å². The number of rotatable bonds is 7. The van der Waals surface area contributed by atoms with Gasteiger partial charge in [0, 0.05) is 64.6 Å². The average Bonchev–Trinajstić information content (AvgIpc) is 3.14. The van der Waals surface area contributed by atoms with Gasteiger partial charge in [-0.1, -0.05) is 13.8 Å². The first-order valence-corrected chi connectivity index (χ1v) is 12.8. The van der Waals surface area contributed by atoms with Gasteiger partial charge in [0.1, 0.15) is 18.3 Å². The van der Waals surface area contributed by atoms with E-state index in [0.29, 0.717) is 32.2 Å². The second-order valence-corrected chi connectivity index (χ2v) is 9.77. The zero-order chi connectivity index (χ0) is 25.1. The lowest BCUT2D eigenvalue weighted by atomic mass is 10.1. The van der Waals surface area contributed by atoms with E-state index in [1.807, 2.05) is 11.6 Å². The van der Waals surface area contributed by atoms with Crippen molar-refractivity contribution in [2.45, 2.75) is 85.3 Å². The lowest BCUT2D eigenvalue weighted by Gasteiger charge is -2.33. The minimum Gasteiger partial charge on any atom is -0.388 e. The van der Waals surface area contributed by atoms with Crippen LogP contribution in [-0.2, 0) is 27.4 Å². The summed E-state index contributed by atoms with van der Waals surface area (Å²) in [5.41, 5.74) is 2.23. The zero-order valence-corrected chi connectivity index (χ0v) is 21.8. The zero-order valence-electron chi connectivity index (χ0n) is 21.8. The predicted octanol–water partition coefficient (Wildman–Crippen LogP) is 1.83. The molecule has 34 heavy (non-hydrogen) atoms. The van der Waals surface area contributed by atoms with Gasteiger partial charge in [-0.3, -0.25) is 14.4 Å². The van der Waals surface area contributed by atoms with Crippen LogP contribution in [-0.4, -0.2) is 100 Å².